The van der Waals surface area contributed by atoms with E-state index in [9.17, 15) is 14.9 Å². The number of hydrogen-bond donors (Lipinski definition) is 0. The lowest BCUT2D eigenvalue weighted by Crippen LogP contribution is -2.55. The Morgan fingerprint density at radius 2 is 1.67 bits per heavy atom. The zero-order valence-corrected chi connectivity index (χ0v) is 31.7. The zero-order chi connectivity index (χ0) is 37.8. The van der Waals surface area contributed by atoms with Crippen LogP contribution < -0.4 is 14.5 Å². The third kappa shape index (κ3) is 8.15. The molecule has 0 spiro atoms. The van der Waals surface area contributed by atoms with Crippen molar-refractivity contribution in [1.29, 1.82) is 5.26 Å². The quantitative estimate of drug-likeness (QED) is 0.187. The molecule has 7 rings (SSSR count). The van der Waals surface area contributed by atoms with Gasteiger partial charge in [-0.3, -0.25) is 0 Å². The summed E-state index contributed by atoms with van der Waals surface area (Å²) in [6, 6.07) is 24.4. The van der Waals surface area contributed by atoms with Crippen LogP contribution in [0.25, 0.3) is 10.8 Å². The highest BCUT2D eigenvalue weighted by atomic mass is 16.6. The molecule has 2 saturated heterocycles. The van der Waals surface area contributed by atoms with Crippen LogP contribution >= 0.6 is 0 Å². The van der Waals surface area contributed by atoms with E-state index >= 15 is 0 Å². The molecule has 0 aliphatic carbocycles. The van der Waals surface area contributed by atoms with Crippen molar-refractivity contribution < 1.29 is 23.8 Å². The van der Waals surface area contributed by atoms with E-state index in [0.717, 1.165) is 47.7 Å². The van der Waals surface area contributed by atoms with E-state index in [2.05, 4.69) is 59.2 Å². The Morgan fingerprint density at radius 3 is 2.44 bits per heavy atom. The second-order valence-electron chi connectivity index (χ2n) is 15.4. The Kier molecular flexibility index (Phi) is 10.8. The molecule has 3 aromatic carbocycles. The van der Waals surface area contributed by atoms with Crippen molar-refractivity contribution in [2.45, 2.75) is 84.2 Å². The van der Waals surface area contributed by atoms with E-state index in [1.54, 1.807) is 9.80 Å². The molecule has 2 atom stereocenters. The molecule has 4 aromatic rings. The molecule has 0 radical (unpaired) electrons. The Hall–Kier alpha value is -5.57. The lowest BCUT2D eigenvalue weighted by molar-refractivity contribution is 0.0183. The monoisotopic (exact) mass is 731 g/mol. The molecule has 0 bridgehead atoms. The standard InChI is InChI=1S/C42H49N7O5/c1-29-11-8-14-31-15-9-17-36(37(29)31)46-22-19-34-35(26-46)44-39(52-28-33-16-10-21-48(33)41(51)54-42(2,3)4)45-38(34)47-23-24-49(32(25-47)18-20-43)40(50)53-27-30-12-6-5-7-13-30/h5-9,11-15,17,32-33H,10,16,18-19,21-28H2,1-4H3/t32-,33-/m0/s1. The normalized spacial score (nSPS) is 18.6. The van der Waals surface area contributed by atoms with Gasteiger partial charge in [0, 0.05) is 49.4 Å². The highest BCUT2D eigenvalue weighted by molar-refractivity contribution is 5.97. The van der Waals surface area contributed by atoms with Gasteiger partial charge in [-0.2, -0.15) is 15.2 Å². The number of benzene rings is 3. The third-order valence-corrected chi connectivity index (χ3v) is 10.4. The van der Waals surface area contributed by atoms with Gasteiger partial charge in [-0.15, -0.1) is 0 Å². The SMILES string of the molecule is Cc1cccc2cccc(N3CCc4c(nc(OC[C@@H]5CCCN5C(=O)OC(C)(C)C)nc4N4CCN(C(=O)OCc5ccccc5)[C@@H](CC#N)C4)C3)c12. The fourth-order valence-electron chi connectivity index (χ4n) is 7.80. The molecule has 282 valence electrons. The minimum Gasteiger partial charge on any atom is -0.461 e. The highest BCUT2D eigenvalue weighted by Gasteiger charge is 2.36. The van der Waals surface area contributed by atoms with Crippen LogP contribution in [0.5, 0.6) is 6.01 Å². The smallest absolute Gasteiger partial charge is 0.410 e. The summed E-state index contributed by atoms with van der Waals surface area (Å²) >= 11 is 0. The van der Waals surface area contributed by atoms with Crippen molar-refractivity contribution in [3.05, 3.63) is 89.1 Å². The number of hydrogen-bond acceptors (Lipinski definition) is 10. The number of anilines is 2. The van der Waals surface area contributed by atoms with Crippen molar-refractivity contribution in [2.24, 2.45) is 0 Å². The molecule has 12 nitrogen and oxygen atoms in total. The number of nitrogens with zero attached hydrogens (tertiary/aromatic N) is 7. The highest BCUT2D eigenvalue weighted by Crippen LogP contribution is 2.36. The number of ether oxygens (including phenoxy) is 3. The van der Waals surface area contributed by atoms with Crippen molar-refractivity contribution in [2.75, 3.05) is 49.1 Å². The second-order valence-corrected chi connectivity index (χ2v) is 15.4. The molecule has 0 N–H and O–H groups in total. The van der Waals surface area contributed by atoms with Gasteiger partial charge in [-0.25, -0.2) is 9.59 Å². The van der Waals surface area contributed by atoms with E-state index in [0.29, 0.717) is 39.1 Å². The van der Waals surface area contributed by atoms with Gasteiger partial charge in [0.2, 0.25) is 0 Å². The number of aryl methyl sites for hydroxylation is 1. The largest absolute Gasteiger partial charge is 0.461 e. The summed E-state index contributed by atoms with van der Waals surface area (Å²) in [6.07, 6.45) is 1.75. The number of nitriles is 1. The fraction of sp³-hybridized carbons (Fsp3) is 0.452. The summed E-state index contributed by atoms with van der Waals surface area (Å²) in [4.78, 5) is 44.4. The summed E-state index contributed by atoms with van der Waals surface area (Å²) < 4.78 is 17.8. The van der Waals surface area contributed by atoms with Gasteiger partial charge >= 0.3 is 18.2 Å². The molecule has 1 aromatic heterocycles. The summed E-state index contributed by atoms with van der Waals surface area (Å²) in [5.74, 6) is 0.763. The topological polar surface area (TPSA) is 124 Å². The molecule has 2 amide bonds. The maximum Gasteiger partial charge on any atom is 0.410 e. The molecule has 0 unspecified atom stereocenters. The minimum atomic E-state index is -0.595. The van der Waals surface area contributed by atoms with Gasteiger partial charge in [0.25, 0.3) is 0 Å². The minimum absolute atomic E-state index is 0.157. The van der Waals surface area contributed by atoms with Gasteiger partial charge in [0.15, 0.2) is 0 Å². The van der Waals surface area contributed by atoms with Crippen LogP contribution in [-0.2, 0) is 29.0 Å². The first kappa shape index (κ1) is 36.8. The first-order valence-corrected chi connectivity index (χ1v) is 18.9. The van der Waals surface area contributed by atoms with Gasteiger partial charge in [-0.1, -0.05) is 60.7 Å². The predicted molar refractivity (Wildman–Crippen MR) is 206 cm³/mol. The molecule has 12 heteroatoms. The van der Waals surface area contributed by atoms with Crippen molar-refractivity contribution in [3.8, 4) is 12.1 Å². The second kappa shape index (κ2) is 15.8. The van der Waals surface area contributed by atoms with Crippen LogP contribution in [0, 0.1) is 18.3 Å². The van der Waals surface area contributed by atoms with Crippen LogP contribution in [-0.4, -0.2) is 89.0 Å². The number of amides is 2. The Balaban J connectivity index is 1.16. The first-order chi connectivity index (χ1) is 26.1. The molecular weight excluding hydrogens is 683 g/mol. The van der Waals surface area contributed by atoms with Crippen LogP contribution in [0.4, 0.5) is 21.1 Å². The lowest BCUT2D eigenvalue weighted by atomic mass is 9.99. The summed E-state index contributed by atoms with van der Waals surface area (Å²) in [5.41, 5.74) is 4.61. The number of piperazine rings is 1. The summed E-state index contributed by atoms with van der Waals surface area (Å²) in [7, 11) is 0. The summed E-state index contributed by atoms with van der Waals surface area (Å²) in [5, 5.41) is 12.2. The molecule has 2 fully saturated rings. The number of aromatic nitrogens is 2. The Labute approximate surface area is 317 Å². The number of carbonyl (C=O) groups is 2. The number of rotatable bonds is 8. The van der Waals surface area contributed by atoms with Crippen LogP contribution in [0.2, 0.25) is 0 Å². The molecule has 3 aliphatic heterocycles. The van der Waals surface area contributed by atoms with Crippen LogP contribution in [0.3, 0.4) is 0 Å². The van der Waals surface area contributed by atoms with Crippen LogP contribution in [0.15, 0.2) is 66.7 Å². The van der Waals surface area contributed by atoms with E-state index < -0.39 is 11.7 Å². The third-order valence-electron chi connectivity index (χ3n) is 10.4. The average Bonchev–Trinajstić information content (AvgIpc) is 3.64. The van der Waals surface area contributed by atoms with E-state index in [-0.39, 0.29) is 43.8 Å². The lowest BCUT2D eigenvalue weighted by Gasteiger charge is -2.42. The Morgan fingerprint density at radius 1 is 0.889 bits per heavy atom. The predicted octanol–water partition coefficient (Wildman–Crippen LogP) is 7.02. The van der Waals surface area contributed by atoms with Crippen molar-refractivity contribution in [3.63, 3.8) is 0 Å². The molecule has 3 aliphatic rings. The van der Waals surface area contributed by atoms with Gasteiger partial charge in [0.05, 0.1) is 36.8 Å². The number of likely N-dealkylation sites (tertiary alicyclic amines) is 1. The van der Waals surface area contributed by atoms with E-state index in [1.165, 1.54) is 16.3 Å². The zero-order valence-electron chi connectivity index (χ0n) is 31.7. The van der Waals surface area contributed by atoms with Crippen molar-refractivity contribution >= 4 is 34.5 Å². The fourth-order valence-corrected chi connectivity index (χ4v) is 7.80. The maximum atomic E-state index is 13.3. The molecular formula is C42H49N7O5. The maximum absolute atomic E-state index is 13.3. The molecule has 0 saturated carbocycles. The molecule has 4 heterocycles. The van der Waals surface area contributed by atoms with Gasteiger partial charge in [0.1, 0.15) is 24.6 Å². The van der Waals surface area contributed by atoms with Crippen LogP contribution in [0.1, 0.15) is 62.4 Å². The molecule has 54 heavy (non-hydrogen) atoms. The number of fused-ring (bicyclic) bond motifs is 2. The van der Waals surface area contributed by atoms with E-state index in [4.69, 9.17) is 24.2 Å². The van der Waals surface area contributed by atoms with Gasteiger partial charge in [-0.05, 0) is 69.5 Å². The van der Waals surface area contributed by atoms with Gasteiger partial charge < -0.3 is 33.8 Å². The Bertz CT molecular complexity index is 2020. The average molecular weight is 732 g/mol. The van der Waals surface area contributed by atoms with E-state index in [1.807, 2.05) is 51.1 Å². The first-order valence-electron chi connectivity index (χ1n) is 18.9. The van der Waals surface area contributed by atoms with Crippen molar-refractivity contribution in [1.82, 2.24) is 19.8 Å². The summed E-state index contributed by atoms with van der Waals surface area (Å²) in [6.45, 7) is 11.4. The number of carbonyl (C=O) groups excluding carboxylic acids is 2.